The Bertz CT molecular complexity index is 562. The molecule has 0 aromatic heterocycles. The molecule has 0 spiro atoms. The molecule has 0 heterocycles. The second-order valence-corrected chi connectivity index (χ2v) is 6.24. The normalized spacial score (nSPS) is 10.7. The molecule has 0 unspecified atom stereocenters. The topological polar surface area (TPSA) is 32.3 Å². The Hall–Kier alpha value is -1.96. The Labute approximate surface area is 140 Å². The van der Waals surface area contributed by atoms with Crippen LogP contribution >= 0.6 is 0 Å². The van der Waals surface area contributed by atoms with Gasteiger partial charge < -0.3 is 10.4 Å². The van der Waals surface area contributed by atoms with E-state index in [2.05, 4.69) is 36.5 Å². The second-order valence-electron chi connectivity index (χ2n) is 6.24. The van der Waals surface area contributed by atoms with E-state index in [-0.39, 0.29) is 5.75 Å². The van der Waals surface area contributed by atoms with Crippen molar-refractivity contribution in [1.29, 1.82) is 0 Å². The van der Waals surface area contributed by atoms with E-state index in [1.807, 2.05) is 12.1 Å². The van der Waals surface area contributed by atoms with Gasteiger partial charge in [0.05, 0.1) is 0 Å². The van der Waals surface area contributed by atoms with Crippen LogP contribution in [0.2, 0.25) is 0 Å². The lowest BCUT2D eigenvalue weighted by atomic mass is 10.0. The average molecular weight is 311 g/mol. The zero-order valence-electron chi connectivity index (χ0n) is 14.2. The van der Waals surface area contributed by atoms with Crippen molar-refractivity contribution in [2.24, 2.45) is 0 Å². The maximum Gasteiger partial charge on any atom is 0.117 e. The summed E-state index contributed by atoms with van der Waals surface area (Å²) < 4.78 is 0. The summed E-state index contributed by atoms with van der Waals surface area (Å²) in [4.78, 5) is 0. The molecule has 0 fully saturated rings. The van der Waals surface area contributed by atoms with Crippen molar-refractivity contribution in [3.8, 4) is 5.75 Å². The SMILES string of the molecule is CCCCCCCCCc1ccc(Nc2cccc(O)c2)cc1. The Morgan fingerprint density at radius 1 is 0.783 bits per heavy atom. The number of nitrogens with one attached hydrogen (secondary N) is 1. The minimum Gasteiger partial charge on any atom is -0.508 e. The molecule has 0 aliphatic heterocycles. The van der Waals surface area contributed by atoms with Gasteiger partial charge in [-0.3, -0.25) is 0 Å². The average Bonchev–Trinajstić information content (AvgIpc) is 2.56. The standard InChI is InChI=1S/C21H29NO/c1-2-3-4-5-6-7-8-10-18-13-15-19(16-14-18)22-20-11-9-12-21(23)17-20/h9,11-17,22-23H,2-8,10H2,1H3. The molecule has 2 rings (SSSR count). The Kier molecular flexibility index (Phi) is 7.51. The predicted octanol–water partition coefficient (Wildman–Crippen LogP) is 6.43. The molecule has 0 atom stereocenters. The van der Waals surface area contributed by atoms with Gasteiger partial charge in [0.2, 0.25) is 0 Å². The van der Waals surface area contributed by atoms with E-state index in [0.29, 0.717) is 0 Å². The third-order valence-electron chi connectivity index (χ3n) is 4.16. The van der Waals surface area contributed by atoms with Crippen LogP contribution in [0.1, 0.15) is 57.4 Å². The number of aryl methyl sites for hydroxylation is 1. The van der Waals surface area contributed by atoms with E-state index in [4.69, 9.17) is 0 Å². The summed E-state index contributed by atoms with van der Waals surface area (Å²) in [5.41, 5.74) is 3.36. The number of rotatable bonds is 10. The third kappa shape index (κ3) is 6.77. The van der Waals surface area contributed by atoms with E-state index in [1.54, 1.807) is 12.1 Å². The van der Waals surface area contributed by atoms with E-state index >= 15 is 0 Å². The van der Waals surface area contributed by atoms with Gasteiger partial charge in [-0.05, 0) is 42.7 Å². The largest absolute Gasteiger partial charge is 0.508 e. The maximum atomic E-state index is 9.48. The summed E-state index contributed by atoms with van der Waals surface area (Å²) in [5.74, 6) is 0.283. The fraction of sp³-hybridized carbons (Fsp3) is 0.429. The number of aromatic hydroxyl groups is 1. The van der Waals surface area contributed by atoms with Gasteiger partial charge >= 0.3 is 0 Å². The van der Waals surface area contributed by atoms with Gasteiger partial charge in [0.15, 0.2) is 0 Å². The third-order valence-corrected chi connectivity index (χ3v) is 4.16. The predicted molar refractivity (Wildman–Crippen MR) is 99.5 cm³/mol. The lowest BCUT2D eigenvalue weighted by molar-refractivity contribution is 0.475. The summed E-state index contributed by atoms with van der Waals surface area (Å²) in [6.07, 6.45) is 10.7. The fourth-order valence-electron chi connectivity index (χ4n) is 2.79. The number of anilines is 2. The van der Waals surface area contributed by atoms with Crippen LogP contribution in [0.25, 0.3) is 0 Å². The van der Waals surface area contributed by atoms with Crippen LogP contribution < -0.4 is 5.32 Å². The van der Waals surface area contributed by atoms with Crippen molar-refractivity contribution in [2.45, 2.75) is 58.3 Å². The van der Waals surface area contributed by atoms with Crippen LogP contribution in [0.5, 0.6) is 5.75 Å². The Morgan fingerprint density at radius 3 is 2.17 bits per heavy atom. The molecule has 0 amide bonds. The minimum atomic E-state index is 0.283. The highest BCUT2D eigenvalue weighted by Gasteiger charge is 1.98. The lowest BCUT2D eigenvalue weighted by Crippen LogP contribution is -1.91. The van der Waals surface area contributed by atoms with Crippen LogP contribution in [0, 0.1) is 0 Å². The smallest absolute Gasteiger partial charge is 0.117 e. The van der Waals surface area contributed by atoms with Crippen molar-refractivity contribution in [3.63, 3.8) is 0 Å². The van der Waals surface area contributed by atoms with Gasteiger partial charge in [-0.1, -0.05) is 63.6 Å². The first-order chi connectivity index (χ1) is 11.3. The number of hydrogen-bond acceptors (Lipinski definition) is 2. The first-order valence-corrected chi connectivity index (χ1v) is 8.93. The molecule has 0 saturated heterocycles. The molecule has 0 aliphatic carbocycles. The van der Waals surface area contributed by atoms with Crippen molar-refractivity contribution in [3.05, 3.63) is 54.1 Å². The zero-order valence-corrected chi connectivity index (χ0v) is 14.2. The van der Waals surface area contributed by atoms with E-state index < -0.39 is 0 Å². The molecule has 2 aromatic rings. The van der Waals surface area contributed by atoms with Crippen LogP contribution in [0.3, 0.4) is 0 Å². The highest BCUT2D eigenvalue weighted by atomic mass is 16.3. The molecule has 2 nitrogen and oxygen atoms in total. The molecular weight excluding hydrogens is 282 g/mol. The molecule has 2 aromatic carbocycles. The Balaban J connectivity index is 1.70. The summed E-state index contributed by atoms with van der Waals surface area (Å²) >= 11 is 0. The van der Waals surface area contributed by atoms with Crippen LogP contribution in [-0.4, -0.2) is 5.11 Å². The van der Waals surface area contributed by atoms with Crippen molar-refractivity contribution in [1.82, 2.24) is 0 Å². The second kappa shape index (κ2) is 9.94. The van der Waals surface area contributed by atoms with E-state index in [1.165, 1.54) is 56.9 Å². The molecule has 0 aliphatic rings. The summed E-state index contributed by atoms with van der Waals surface area (Å²) in [6.45, 7) is 2.26. The number of benzene rings is 2. The Morgan fingerprint density at radius 2 is 1.48 bits per heavy atom. The highest BCUT2D eigenvalue weighted by molar-refractivity contribution is 5.61. The van der Waals surface area contributed by atoms with Crippen molar-refractivity contribution >= 4 is 11.4 Å². The van der Waals surface area contributed by atoms with Crippen LogP contribution in [-0.2, 0) is 6.42 Å². The molecule has 23 heavy (non-hydrogen) atoms. The van der Waals surface area contributed by atoms with Gasteiger partial charge in [-0.15, -0.1) is 0 Å². The van der Waals surface area contributed by atoms with Crippen molar-refractivity contribution < 1.29 is 5.11 Å². The molecule has 124 valence electrons. The summed E-state index contributed by atoms with van der Waals surface area (Å²) in [5, 5.41) is 12.8. The molecule has 0 bridgehead atoms. The first-order valence-electron chi connectivity index (χ1n) is 8.93. The molecule has 2 heteroatoms. The van der Waals surface area contributed by atoms with Crippen LogP contribution in [0.15, 0.2) is 48.5 Å². The van der Waals surface area contributed by atoms with E-state index in [9.17, 15) is 5.11 Å². The van der Waals surface area contributed by atoms with Gasteiger partial charge in [-0.2, -0.15) is 0 Å². The molecule has 0 saturated carbocycles. The fourth-order valence-corrected chi connectivity index (χ4v) is 2.79. The highest BCUT2D eigenvalue weighted by Crippen LogP contribution is 2.21. The molecular formula is C21H29NO. The quantitative estimate of drug-likeness (QED) is 0.495. The number of phenols is 1. The monoisotopic (exact) mass is 311 g/mol. The maximum absolute atomic E-state index is 9.48. The van der Waals surface area contributed by atoms with Gasteiger partial charge in [0.1, 0.15) is 5.75 Å². The molecule has 2 N–H and O–H groups in total. The van der Waals surface area contributed by atoms with Gasteiger partial charge in [0, 0.05) is 17.4 Å². The first kappa shape index (κ1) is 17.4. The van der Waals surface area contributed by atoms with E-state index in [0.717, 1.165) is 11.4 Å². The number of phenolic OH excluding ortho intramolecular Hbond substituents is 1. The number of unbranched alkanes of at least 4 members (excludes halogenated alkanes) is 6. The van der Waals surface area contributed by atoms with Crippen LogP contribution in [0.4, 0.5) is 11.4 Å². The molecule has 0 radical (unpaired) electrons. The number of hydrogen-bond donors (Lipinski definition) is 2. The van der Waals surface area contributed by atoms with Gasteiger partial charge in [-0.25, -0.2) is 0 Å². The lowest BCUT2D eigenvalue weighted by Gasteiger charge is -2.08. The minimum absolute atomic E-state index is 0.283. The van der Waals surface area contributed by atoms with Gasteiger partial charge in [0.25, 0.3) is 0 Å². The summed E-state index contributed by atoms with van der Waals surface area (Å²) in [7, 11) is 0. The summed E-state index contributed by atoms with van der Waals surface area (Å²) in [6, 6.07) is 15.8. The zero-order chi connectivity index (χ0) is 16.3. The van der Waals surface area contributed by atoms with Crippen molar-refractivity contribution in [2.75, 3.05) is 5.32 Å².